The van der Waals surface area contributed by atoms with Crippen molar-refractivity contribution in [2.24, 2.45) is 11.8 Å². The minimum atomic E-state index is -1.30. The van der Waals surface area contributed by atoms with Crippen LogP contribution in [0.5, 0.6) is 0 Å². The van der Waals surface area contributed by atoms with E-state index in [1.165, 1.54) is 11.8 Å². The third-order valence-corrected chi connectivity index (χ3v) is 6.72. The number of aliphatic hydroxyl groups excluding tert-OH is 3. The van der Waals surface area contributed by atoms with Crippen LogP contribution in [0.25, 0.3) is 0 Å². The fourth-order valence-electron chi connectivity index (χ4n) is 4.18. The van der Waals surface area contributed by atoms with Crippen molar-refractivity contribution in [3.63, 3.8) is 0 Å². The SMILES string of the molecule is CCCCC1CN(C)C1C(=O)NC(C(C)C)C1OC(SC)C(O)C(O)C1O. The van der Waals surface area contributed by atoms with Crippen molar-refractivity contribution < 1.29 is 24.9 Å². The quantitative estimate of drug-likeness (QED) is 0.465. The van der Waals surface area contributed by atoms with Crippen molar-refractivity contribution in [1.82, 2.24) is 10.2 Å². The highest BCUT2D eigenvalue weighted by atomic mass is 32.2. The molecule has 8 unspecified atom stereocenters. The average Bonchev–Trinajstić information content (AvgIpc) is 2.61. The van der Waals surface area contributed by atoms with Crippen LogP contribution < -0.4 is 5.32 Å². The Bertz CT molecular complexity index is 493. The first kappa shape index (κ1) is 22.9. The molecule has 2 rings (SSSR count). The van der Waals surface area contributed by atoms with Crippen LogP contribution >= 0.6 is 11.8 Å². The van der Waals surface area contributed by atoms with E-state index in [9.17, 15) is 20.1 Å². The molecule has 27 heavy (non-hydrogen) atoms. The van der Waals surface area contributed by atoms with Crippen LogP contribution in [-0.4, -0.2) is 87.9 Å². The number of likely N-dealkylation sites (N-methyl/N-ethyl adjacent to an activating group) is 1. The highest BCUT2D eigenvalue weighted by molar-refractivity contribution is 7.99. The zero-order valence-corrected chi connectivity index (χ0v) is 17.9. The number of aliphatic hydroxyl groups is 3. The van der Waals surface area contributed by atoms with Gasteiger partial charge in [-0.25, -0.2) is 0 Å². The monoisotopic (exact) mass is 404 g/mol. The van der Waals surface area contributed by atoms with Crippen molar-refractivity contribution in [1.29, 1.82) is 0 Å². The van der Waals surface area contributed by atoms with Gasteiger partial charge in [0.15, 0.2) is 0 Å². The van der Waals surface area contributed by atoms with Crippen LogP contribution in [0.15, 0.2) is 0 Å². The van der Waals surface area contributed by atoms with Crippen molar-refractivity contribution in [3.8, 4) is 0 Å². The molecule has 2 aliphatic heterocycles. The number of ether oxygens (including phenoxy) is 1. The fraction of sp³-hybridized carbons (Fsp3) is 0.947. The van der Waals surface area contributed by atoms with Gasteiger partial charge in [0.25, 0.3) is 0 Å². The van der Waals surface area contributed by atoms with E-state index in [1.54, 1.807) is 6.26 Å². The molecule has 2 fully saturated rings. The van der Waals surface area contributed by atoms with Crippen LogP contribution in [0.3, 0.4) is 0 Å². The molecular weight excluding hydrogens is 368 g/mol. The maximum atomic E-state index is 13.0. The summed E-state index contributed by atoms with van der Waals surface area (Å²) in [4.78, 5) is 15.0. The number of hydrogen-bond donors (Lipinski definition) is 4. The van der Waals surface area contributed by atoms with E-state index in [1.807, 2.05) is 20.9 Å². The molecule has 7 nitrogen and oxygen atoms in total. The molecule has 0 spiro atoms. The Labute approximate surface area is 166 Å². The predicted molar refractivity (Wildman–Crippen MR) is 106 cm³/mol. The number of unbranched alkanes of at least 4 members (excludes halogenated alkanes) is 1. The standard InChI is InChI=1S/C19H36N2O5S/c1-6-7-8-11-9-21(4)13(11)18(25)20-12(10(2)3)17-15(23)14(22)16(24)19(26-17)27-5/h10-17,19,22-24H,6-9H2,1-5H3,(H,20,25). The summed E-state index contributed by atoms with van der Waals surface area (Å²) in [6, 6.07) is -0.615. The molecule has 0 bridgehead atoms. The lowest BCUT2D eigenvalue weighted by molar-refractivity contribution is -0.208. The number of thioether (sulfide) groups is 1. The number of carbonyl (C=O) groups excluding carboxylic acids is 1. The fourth-order valence-corrected chi connectivity index (χ4v) is 4.86. The summed E-state index contributed by atoms with van der Waals surface area (Å²) in [6.07, 6.45) is 0.540. The lowest BCUT2D eigenvalue weighted by Gasteiger charge is -2.47. The Morgan fingerprint density at radius 2 is 1.93 bits per heavy atom. The number of carbonyl (C=O) groups is 1. The van der Waals surface area contributed by atoms with Crippen molar-refractivity contribution >= 4 is 17.7 Å². The Hall–Kier alpha value is -0.380. The molecule has 2 aliphatic rings. The average molecular weight is 405 g/mol. The summed E-state index contributed by atoms with van der Waals surface area (Å²) in [5, 5.41) is 33.8. The molecule has 0 radical (unpaired) electrons. The van der Waals surface area contributed by atoms with Gasteiger partial charge in [-0.15, -0.1) is 11.8 Å². The summed E-state index contributed by atoms with van der Waals surface area (Å²) in [6.45, 7) is 6.97. The molecule has 8 heteroatoms. The molecule has 0 aromatic rings. The number of rotatable bonds is 8. The predicted octanol–water partition coefficient (Wildman–Crippen LogP) is 0.418. The third-order valence-electron chi connectivity index (χ3n) is 5.86. The van der Waals surface area contributed by atoms with E-state index in [2.05, 4.69) is 17.1 Å². The molecular formula is C19H36N2O5S. The van der Waals surface area contributed by atoms with Gasteiger partial charge in [0.1, 0.15) is 29.9 Å². The van der Waals surface area contributed by atoms with Gasteiger partial charge in [-0.3, -0.25) is 9.69 Å². The van der Waals surface area contributed by atoms with Crippen LogP contribution in [-0.2, 0) is 9.53 Å². The highest BCUT2D eigenvalue weighted by Crippen LogP contribution is 2.32. The van der Waals surface area contributed by atoms with Crippen LogP contribution in [0.4, 0.5) is 0 Å². The Morgan fingerprint density at radius 1 is 1.26 bits per heavy atom. The molecule has 158 valence electrons. The third kappa shape index (κ3) is 4.97. The lowest BCUT2D eigenvalue weighted by Crippen LogP contribution is -2.67. The number of nitrogens with zero attached hydrogens (tertiary/aromatic N) is 1. The Balaban J connectivity index is 2.09. The first-order chi connectivity index (χ1) is 12.7. The smallest absolute Gasteiger partial charge is 0.238 e. The Kier molecular flexibility index (Phi) is 8.39. The summed E-state index contributed by atoms with van der Waals surface area (Å²) in [5.41, 5.74) is -0.643. The van der Waals surface area contributed by atoms with Crippen molar-refractivity contribution in [3.05, 3.63) is 0 Å². The summed E-state index contributed by atoms with van der Waals surface area (Å²) in [7, 11) is 1.95. The molecule has 4 N–H and O–H groups in total. The zero-order chi connectivity index (χ0) is 20.3. The van der Waals surface area contributed by atoms with E-state index in [0.29, 0.717) is 5.92 Å². The molecule has 2 saturated heterocycles. The van der Waals surface area contributed by atoms with Crippen LogP contribution in [0.1, 0.15) is 40.0 Å². The normalized spacial score (nSPS) is 38.5. The molecule has 1 amide bonds. The van der Waals surface area contributed by atoms with E-state index >= 15 is 0 Å². The minimum Gasteiger partial charge on any atom is -0.388 e. The molecule has 8 atom stereocenters. The lowest BCUT2D eigenvalue weighted by atomic mass is 9.83. The zero-order valence-electron chi connectivity index (χ0n) is 17.0. The largest absolute Gasteiger partial charge is 0.388 e. The van der Waals surface area contributed by atoms with E-state index in [4.69, 9.17) is 4.74 Å². The topological polar surface area (TPSA) is 102 Å². The van der Waals surface area contributed by atoms with Gasteiger partial charge in [0.05, 0.1) is 12.1 Å². The van der Waals surface area contributed by atoms with Gasteiger partial charge in [0, 0.05) is 6.54 Å². The van der Waals surface area contributed by atoms with Gasteiger partial charge in [-0.2, -0.15) is 0 Å². The number of likely N-dealkylation sites (tertiary alicyclic amines) is 1. The first-order valence-corrected chi connectivity index (χ1v) is 11.2. The summed E-state index contributed by atoms with van der Waals surface area (Å²) < 4.78 is 5.88. The van der Waals surface area contributed by atoms with Crippen LogP contribution in [0.2, 0.25) is 0 Å². The number of amides is 1. The molecule has 0 aromatic carbocycles. The number of hydrogen-bond acceptors (Lipinski definition) is 7. The van der Waals surface area contributed by atoms with E-state index in [-0.39, 0.29) is 17.9 Å². The van der Waals surface area contributed by atoms with Gasteiger partial charge in [-0.1, -0.05) is 33.6 Å². The maximum Gasteiger partial charge on any atom is 0.238 e. The second kappa shape index (κ2) is 9.89. The van der Waals surface area contributed by atoms with Gasteiger partial charge in [-0.05, 0) is 31.6 Å². The second-order valence-electron chi connectivity index (χ2n) is 8.24. The molecule has 0 aliphatic carbocycles. The molecule has 0 saturated carbocycles. The van der Waals surface area contributed by atoms with Crippen molar-refractivity contribution in [2.75, 3.05) is 19.8 Å². The highest BCUT2D eigenvalue weighted by Gasteiger charge is 2.48. The summed E-state index contributed by atoms with van der Waals surface area (Å²) >= 11 is 1.28. The summed E-state index contributed by atoms with van der Waals surface area (Å²) in [5.74, 6) is 0.296. The van der Waals surface area contributed by atoms with E-state index in [0.717, 1.165) is 25.8 Å². The van der Waals surface area contributed by atoms with Gasteiger partial charge in [0.2, 0.25) is 5.91 Å². The molecule has 2 heterocycles. The minimum absolute atomic E-state index is 0.00183. The number of nitrogens with one attached hydrogen (secondary N) is 1. The Morgan fingerprint density at radius 3 is 2.44 bits per heavy atom. The van der Waals surface area contributed by atoms with Crippen molar-refractivity contribution in [2.45, 2.75) is 82.0 Å². The first-order valence-electron chi connectivity index (χ1n) is 9.95. The van der Waals surface area contributed by atoms with Gasteiger partial charge >= 0.3 is 0 Å². The van der Waals surface area contributed by atoms with Crippen LogP contribution in [0, 0.1) is 11.8 Å². The van der Waals surface area contributed by atoms with E-state index < -0.39 is 35.9 Å². The van der Waals surface area contributed by atoms with Gasteiger partial charge < -0.3 is 25.4 Å². The maximum absolute atomic E-state index is 13.0. The molecule has 0 aromatic heterocycles. The second-order valence-corrected chi connectivity index (χ2v) is 9.18.